The molecule has 3 rings (SSSR count). The van der Waals surface area contributed by atoms with Crippen molar-refractivity contribution < 1.29 is 0 Å². The second-order valence-corrected chi connectivity index (χ2v) is 4.31. The van der Waals surface area contributed by atoms with E-state index >= 15 is 0 Å². The first kappa shape index (κ1) is 11.1. The van der Waals surface area contributed by atoms with Gasteiger partial charge in [-0.1, -0.05) is 13.8 Å². The minimum Gasteiger partial charge on any atom is -0.340 e. The van der Waals surface area contributed by atoms with Crippen LogP contribution < -0.4 is 5.32 Å². The van der Waals surface area contributed by atoms with Gasteiger partial charge in [0.05, 0.1) is 6.33 Å². The maximum Gasteiger partial charge on any atom is 0.189 e. The first-order chi connectivity index (χ1) is 8.81. The molecule has 3 aromatic heterocycles. The molecule has 0 fully saturated rings. The highest BCUT2D eigenvalue weighted by molar-refractivity contribution is 5.84. The van der Waals surface area contributed by atoms with Crippen molar-refractivity contribution in [1.82, 2.24) is 34.9 Å². The molecule has 2 N–H and O–H groups in total. The van der Waals surface area contributed by atoms with E-state index in [0.717, 1.165) is 30.1 Å². The van der Waals surface area contributed by atoms with Crippen LogP contribution in [-0.4, -0.2) is 42.6 Å². The van der Waals surface area contributed by atoms with Gasteiger partial charge in [0.25, 0.3) is 0 Å². The third-order valence-corrected chi connectivity index (χ3v) is 3.00. The second kappa shape index (κ2) is 4.34. The number of nitrogens with zero attached hydrogens (tertiary/aromatic N) is 5. The molecular weight excluding hydrogens is 230 g/mol. The second-order valence-electron chi connectivity index (χ2n) is 4.31. The SMILES string of the molecule is CCNCC(C)c1nnc2c3[nH]cnc3ncn12. The van der Waals surface area contributed by atoms with Gasteiger partial charge in [0.15, 0.2) is 11.3 Å². The molecule has 0 aliphatic rings. The van der Waals surface area contributed by atoms with Gasteiger partial charge in [-0.25, -0.2) is 9.97 Å². The lowest BCUT2D eigenvalue weighted by Crippen LogP contribution is -2.20. The molecule has 0 aliphatic carbocycles. The average molecular weight is 245 g/mol. The normalized spacial score (nSPS) is 13.4. The number of hydrogen-bond acceptors (Lipinski definition) is 5. The van der Waals surface area contributed by atoms with Gasteiger partial charge >= 0.3 is 0 Å². The van der Waals surface area contributed by atoms with Gasteiger partial charge in [0, 0.05) is 12.5 Å². The lowest BCUT2D eigenvalue weighted by Gasteiger charge is -2.09. The number of likely N-dealkylation sites (N-methyl/N-ethyl adjacent to an activating group) is 1. The van der Waals surface area contributed by atoms with E-state index in [1.165, 1.54) is 0 Å². The van der Waals surface area contributed by atoms with Crippen LogP contribution in [0.1, 0.15) is 25.6 Å². The van der Waals surface area contributed by atoms with Crippen LogP contribution in [0.5, 0.6) is 0 Å². The molecule has 0 aromatic carbocycles. The van der Waals surface area contributed by atoms with Crippen molar-refractivity contribution in [2.24, 2.45) is 0 Å². The predicted octanol–water partition coefficient (Wildman–Crippen LogP) is 0.714. The van der Waals surface area contributed by atoms with Crippen molar-refractivity contribution in [3.8, 4) is 0 Å². The van der Waals surface area contributed by atoms with Crippen molar-refractivity contribution in [2.45, 2.75) is 19.8 Å². The summed E-state index contributed by atoms with van der Waals surface area (Å²) in [6.07, 6.45) is 3.35. The smallest absolute Gasteiger partial charge is 0.189 e. The van der Waals surface area contributed by atoms with Gasteiger partial charge in [0.1, 0.15) is 17.7 Å². The first-order valence-corrected chi connectivity index (χ1v) is 6.04. The Balaban J connectivity index is 2.08. The third-order valence-electron chi connectivity index (χ3n) is 3.00. The van der Waals surface area contributed by atoms with E-state index in [1.54, 1.807) is 12.7 Å². The number of H-pyrrole nitrogens is 1. The van der Waals surface area contributed by atoms with E-state index in [1.807, 2.05) is 4.40 Å². The molecule has 0 spiro atoms. The molecule has 0 amide bonds. The fourth-order valence-electron chi connectivity index (χ4n) is 2.04. The first-order valence-electron chi connectivity index (χ1n) is 6.04. The molecule has 0 saturated carbocycles. The number of aromatic amines is 1. The van der Waals surface area contributed by atoms with Crippen LogP contribution in [0.15, 0.2) is 12.7 Å². The molecule has 3 aromatic rings. The molecule has 0 aliphatic heterocycles. The minimum atomic E-state index is 0.280. The number of hydrogen-bond donors (Lipinski definition) is 2. The molecule has 7 nitrogen and oxygen atoms in total. The molecule has 1 atom stereocenters. The van der Waals surface area contributed by atoms with Crippen LogP contribution in [0.4, 0.5) is 0 Å². The van der Waals surface area contributed by atoms with E-state index in [-0.39, 0.29) is 5.92 Å². The largest absolute Gasteiger partial charge is 0.340 e. The zero-order valence-corrected chi connectivity index (χ0v) is 10.4. The lowest BCUT2D eigenvalue weighted by atomic mass is 10.1. The van der Waals surface area contributed by atoms with Gasteiger partial charge < -0.3 is 10.3 Å². The van der Waals surface area contributed by atoms with Crippen LogP contribution in [0.3, 0.4) is 0 Å². The maximum atomic E-state index is 4.29. The van der Waals surface area contributed by atoms with Crippen LogP contribution in [0.25, 0.3) is 16.8 Å². The Morgan fingerprint density at radius 3 is 3.11 bits per heavy atom. The summed E-state index contributed by atoms with van der Waals surface area (Å²) in [4.78, 5) is 11.4. The molecule has 7 heteroatoms. The molecule has 0 bridgehead atoms. The van der Waals surface area contributed by atoms with Crippen molar-refractivity contribution in [2.75, 3.05) is 13.1 Å². The van der Waals surface area contributed by atoms with Crippen LogP contribution in [0, 0.1) is 0 Å². The van der Waals surface area contributed by atoms with Gasteiger partial charge in [-0.15, -0.1) is 10.2 Å². The highest BCUT2D eigenvalue weighted by atomic mass is 15.3. The summed E-state index contributed by atoms with van der Waals surface area (Å²) in [6.45, 7) is 6.03. The van der Waals surface area contributed by atoms with Gasteiger partial charge in [0.2, 0.25) is 0 Å². The summed E-state index contributed by atoms with van der Waals surface area (Å²) in [5.41, 5.74) is 2.27. The molecule has 3 heterocycles. The Hall–Kier alpha value is -2.02. The summed E-state index contributed by atoms with van der Waals surface area (Å²) in [6, 6.07) is 0. The zero-order chi connectivity index (χ0) is 12.5. The number of fused-ring (bicyclic) bond motifs is 3. The maximum absolute atomic E-state index is 4.29. The van der Waals surface area contributed by atoms with Crippen LogP contribution in [-0.2, 0) is 0 Å². The zero-order valence-electron chi connectivity index (χ0n) is 10.4. The van der Waals surface area contributed by atoms with Crippen molar-refractivity contribution >= 4 is 16.8 Å². The fourth-order valence-corrected chi connectivity index (χ4v) is 2.04. The quantitative estimate of drug-likeness (QED) is 0.707. The number of nitrogens with one attached hydrogen (secondary N) is 2. The van der Waals surface area contributed by atoms with Crippen LogP contribution >= 0.6 is 0 Å². The number of aromatic nitrogens is 6. The van der Waals surface area contributed by atoms with Crippen molar-refractivity contribution in [1.29, 1.82) is 0 Å². The Morgan fingerprint density at radius 1 is 1.39 bits per heavy atom. The Bertz CT molecular complexity index is 668. The third kappa shape index (κ3) is 1.63. The minimum absolute atomic E-state index is 0.280. The monoisotopic (exact) mass is 245 g/mol. The molecule has 0 radical (unpaired) electrons. The predicted molar refractivity (Wildman–Crippen MR) is 67.4 cm³/mol. The molecule has 18 heavy (non-hydrogen) atoms. The van der Waals surface area contributed by atoms with Crippen molar-refractivity contribution in [3.05, 3.63) is 18.5 Å². The van der Waals surface area contributed by atoms with E-state index in [9.17, 15) is 0 Å². The van der Waals surface area contributed by atoms with Crippen LogP contribution in [0.2, 0.25) is 0 Å². The van der Waals surface area contributed by atoms with E-state index in [2.05, 4.69) is 44.3 Å². The average Bonchev–Trinajstić information content (AvgIpc) is 3.00. The van der Waals surface area contributed by atoms with E-state index in [4.69, 9.17) is 0 Å². The molecule has 1 unspecified atom stereocenters. The van der Waals surface area contributed by atoms with Crippen molar-refractivity contribution in [3.63, 3.8) is 0 Å². The Kier molecular flexibility index (Phi) is 2.67. The molecular formula is C11H15N7. The molecule has 0 saturated heterocycles. The van der Waals surface area contributed by atoms with Gasteiger partial charge in [-0.05, 0) is 6.54 Å². The summed E-state index contributed by atoms with van der Waals surface area (Å²) in [5, 5.41) is 11.8. The fraction of sp³-hybridized carbons (Fsp3) is 0.455. The Labute approximate surface area is 104 Å². The summed E-state index contributed by atoms with van der Waals surface area (Å²) < 4.78 is 1.92. The molecule has 94 valence electrons. The number of rotatable bonds is 4. The highest BCUT2D eigenvalue weighted by Gasteiger charge is 2.15. The Morgan fingerprint density at radius 2 is 2.28 bits per heavy atom. The van der Waals surface area contributed by atoms with E-state index in [0.29, 0.717) is 5.65 Å². The number of imidazole rings is 1. The highest BCUT2D eigenvalue weighted by Crippen LogP contribution is 2.17. The summed E-state index contributed by atoms with van der Waals surface area (Å²) in [7, 11) is 0. The van der Waals surface area contributed by atoms with Gasteiger partial charge in [-0.2, -0.15) is 0 Å². The summed E-state index contributed by atoms with van der Waals surface area (Å²) in [5.74, 6) is 1.19. The van der Waals surface area contributed by atoms with E-state index < -0.39 is 0 Å². The topological polar surface area (TPSA) is 83.8 Å². The standard InChI is InChI=1S/C11H15N7/c1-3-12-4-7(2)10-16-17-11-8-9(14-5-13-8)15-6-18(10)11/h5-7,12H,3-4H2,1-2H3,(H,13,14). The van der Waals surface area contributed by atoms with Gasteiger partial charge in [-0.3, -0.25) is 4.40 Å². The summed E-state index contributed by atoms with van der Waals surface area (Å²) >= 11 is 0. The lowest BCUT2D eigenvalue weighted by molar-refractivity contribution is 0.602.